The molecule has 13 heavy (non-hydrogen) atoms. The molecule has 68 valence electrons. The first-order chi connectivity index (χ1) is 6.21. The molecule has 0 nitrogen and oxygen atoms in total. The first-order valence-electron chi connectivity index (χ1n) is 4.14. The smallest absolute Gasteiger partial charge is 0.0124 e. The molecule has 0 spiro atoms. The molecule has 0 atom stereocenters. The molecule has 0 fully saturated rings. The van der Waals surface area contributed by atoms with E-state index in [2.05, 4.69) is 26.3 Å². The molecule has 0 aromatic heterocycles. The fourth-order valence-corrected chi connectivity index (χ4v) is 1.03. The zero-order valence-corrected chi connectivity index (χ0v) is 8.22. The quantitative estimate of drug-likeness (QED) is 0.550. The Morgan fingerprint density at radius 2 is 1.54 bits per heavy atom. The minimum atomic E-state index is 0.923. The van der Waals surface area contributed by atoms with Crippen molar-refractivity contribution < 1.29 is 0 Å². The molecule has 0 saturated heterocycles. The second-order valence-corrected chi connectivity index (χ2v) is 2.51. The molecule has 0 aliphatic carbocycles. The van der Waals surface area contributed by atoms with Crippen molar-refractivity contribution in [3.63, 3.8) is 0 Å². The summed E-state index contributed by atoms with van der Waals surface area (Å²) in [5.74, 6) is 0. The highest BCUT2D eigenvalue weighted by atomic mass is 14.0. The highest BCUT2D eigenvalue weighted by molar-refractivity contribution is 5.52. The SMILES string of the molecule is C=CC(C=C)=C(C=C)C(=C)/C=C\C. The Hall–Kier alpha value is -1.56. The molecular formula is C13H16. The van der Waals surface area contributed by atoms with Crippen LogP contribution in [0.15, 0.2) is 73.4 Å². The van der Waals surface area contributed by atoms with Crippen LogP contribution in [0, 0.1) is 0 Å². The van der Waals surface area contributed by atoms with Crippen molar-refractivity contribution in [3.8, 4) is 0 Å². The molecule has 0 N–H and O–H groups in total. The zero-order chi connectivity index (χ0) is 10.3. The van der Waals surface area contributed by atoms with Gasteiger partial charge < -0.3 is 0 Å². The maximum absolute atomic E-state index is 3.92. The Labute approximate surface area is 81.0 Å². The van der Waals surface area contributed by atoms with Crippen molar-refractivity contribution in [1.82, 2.24) is 0 Å². The monoisotopic (exact) mass is 172 g/mol. The molecule has 0 bridgehead atoms. The van der Waals surface area contributed by atoms with Crippen LogP contribution in [0.3, 0.4) is 0 Å². The second-order valence-electron chi connectivity index (χ2n) is 2.51. The lowest BCUT2D eigenvalue weighted by Crippen LogP contribution is -1.85. The normalized spacial score (nSPS) is 9.31. The van der Waals surface area contributed by atoms with Gasteiger partial charge >= 0.3 is 0 Å². The van der Waals surface area contributed by atoms with E-state index < -0.39 is 0 Å². The molecule has 0 heteroatoms. The van der Waals surface area contributed by atoms with Crippen LogP contribution in [-0.2, 0) is 0 Å². The van der Waals surface area contributed by atoms with E-state index in [0.29, 0.717) is 0 Å². The van der Waals surface area contributed by atoms with E-state index >= 15 is 0 Å². The van der Waals surface area contributed by atoms with Crippen LogP contribution in [0.4, 0.5) is 0 Å². The van der Waals surface area contributed by atoms with E-state index in [4.69, 9.17) is 0 Å². The van der Waals surface area contributed by atoms with Gasteiger partial charge in [0.05, 0.1) is 0 Å². The van der Waals surface area contributed by atoms with Crippen LogP contribution in [0.1, 0.15) is 6.92 Å². The zero-order valence-electron chi connectivity index (χ0n) is 8.22. The molecule has 0 aromatic carbocycles. The summed E-state index contributed by atoms with van der Waals surface area (Å²) in [7, 11) is 0. The topological polar surface area (TPSA) is 0 Å². The predicted octanol–water partition coefficient (Wildman–Crippen LogP) is 3.97. The van der Waals surface area contributed by atoms with Crippen molar-refractivity contribution in [2.75, 3.05) is 0 Å². The van der Waals surface area contributed by atoms with Crippen molar-refractivity contribution in [2.45, 2.75) is 6.92 Å². The average Bonchev–Trinajstić information content (AvgIpc) is 2.14. The van der Waals surface area contributed by atoms with Gasteiger partial charge in [-0.05, 0) is 23.6 Å². The molecule has 0 saturated carbocycles. The van der Waals surface area contributed by atoms with E-state index in [1.165, 1.54) is 0 Å². The molecule has 0 aromatic rings. The minimum Gasteiger partial charge on any atom is -0.0984 e. The summed E-state index contributed by atoms with van der Waals surface area (Å²) < 4.78 is 0. The van der Waals surface area contributed by atoms with Crippen LogP contribution >= 0.6 is 0 Å². The van der Waals surface area contributed by atoms with Crippen molar-refractivity contribution in [1.29, 1.82) is 0 Å². The summed E-state index contributed by atoms with van der Waals surface area (Å²) in [6.07, 6.45) is 9.14. The van der Waals surface area contributed by atoms with Crippen LogP contribution in [0.25, 0.3) is 0 Å². The van der Waals surface area contributed by atoms with Gasteiger partial charge in [0.25, 0.3) is 0 Å². The van der Waals surface area contributed by atoms with Gasteiger partial charge in [-0.25, -0.2) is 0 Å². The molecule has 0 radical (unpaired) electrons. The van der Waals surface area contributed by atoms with Crippen LogP contribution < -0.4 is 0 Å². The van der Waals surface area contributed by atoms with Crippen LogP contribution in [-0.4, -0.2) is 0 Å². The summed E-state index contributed by atoms with van der Waals surface area (Å²) in [5, 5.41) is 0. The van der Waals surface area contributed by atoms with Gasteiger partial charge in [0.2, 0.25) is 0 Å². The molecule has 0 amide bonds. The van der Waals surface area contributed by atoms with Gasteiger partial charge in [-0.1, -0.05) is 56.7 Å². The predicted molar refractivity (Wildman–Crippen MR) is 61.6 cm³/mol. The Bertz CT molecular complexity index is 275. The van der Waals surface area contributed by atoms with Crippen LogP contribution in [0.2, 0.25) is 0 Å². The molecule has 0 aliphatic heterocycles. The van der Waals surface area contributed by atoms with E-state index in [9.17, 15) is 0 Å². The van der Waals surface area contributed by atoms with Crippen molar-refractivity contribution in [3.05, 3.63) is 73.4 Å². The fourth-order valence-electron chi connectivity index (χ4n) is 1.03. The Kier molecular flexibility index (Phi) is 5.29. The summed E-state index contributed by atoms with van der Waals surface area (Å²) >= 11 is 0. The molecule has 0 aliphatic rings. The van der Waals surface area contributed by atoms with E-state index in [-0.39, 0.29) is 0 Å². The Morgan fingerprint density at radius 3 is 1.85 bits per heavy atom. The number of hydrogen-bond acceptors (Lipinski definition) is 0. The Morgan fingerprint density at radius 1 is 1.00 bits per heavy atom. The van der Waals surface area contributed by atoms with Crippen molar-refractivity contribution in [2.24, 2.45) is 0 Å². The molecular weight excluding hydrogens is 156 g/mol. The van der Waals surface area contributed by atoms with Crippen molar-refractivity contribution >= 4 is 0 Å². The number of hydrogen-bond donors (Lipinski definition) is 0. The molecule has 0 rings (SSSR count). The number of rotatable bonds is 5. The van der Waals surface area contributed by atoms with Gasteiger partial charge in [-0.2, -0.15) is 0 Å². The lowest BCUT2D eigenvalue weighted by molar-refractivity contribution is 1.49. The first kappa shape index (κ1) is 11.4. The third-order valence-electron chi connectivity index (χ3n) is 1.67. The van der Waals surface area contributed by atoms with Gasteiger partial charge in [-0.15, -0.1) is 0 Å². The third-order valence-corrected chi connectivity index (χ3v) is 1.67. The molecule has 0 unspecified atom stereocenters. The van der Waals surface area contributed by atoms with Gasteiger partial charge in [0.1, 0.15) is 0 Å². The maximum Gasteiger partial charge on any atom is -0.0124 e. The largest absolute Gasteiger partial charge is 0.0984 e. The van der Waals surface area contributed by atoms with Gasteiger partial charge in [-0.3, -0.25) is 0 Å². The van der Waals surface area contributed by atoms with Gasteiger partial charge in [0.15, 0.2) is 0 Å². The maximum atomic E-state index is 3.92. The highest BCUT2D eigenvalue weighted by Crippen LogP contribution is 2.17. The van der Waals surface area contributed by atoms with E-state index in [1.54, 1.807) is 18.2 Å². The van der Waals surface area contributed by atoms with E-state index in [0.717, 1.165) is 16.7 Å². The van der Waals surface area contributed by atoms with E-state index in [1.807, 2.05) is 19.1 Å². The first-order valence-corrected chi connectivity index (χ1v) is 4.14. The average molecular weight is 172 g/mol. The minimum absolute atomic E-state index is 0.923. The lowest BCUT2D eigenvalue weighted by atomic mass is 10.0. The summed E-state index contributed by atoms with van der Waals surface area (Å²) in [6.45, 7) is 17.0. The molecule has 0 heterocycles. The number of allylic oxidation sites excluding steroid dienone is 8. The van der Waals surface area contributed by atoms with Gasteiger partial charge in [0, 0.05) is 0 Å². The fraction of sp³-hybridized carbons (Fsp3) is 0.0769. The standard InChI is InChI=1S/C13H16/c1-6-10-11(5)13(9-4)12(7-2)8-3/h6-10H,2-5H2,1H3/b10-6-. The summed E-state index contributed by atoms with van der Waals surface area (Å²) in [4.78, 5) is 0. The Balaban J connectivity index is 5.18. The summed E-state index contributed by atoms with van der Waals surface area (Å²) in [5.41, 5.74) is 2.86. The summed E-state index contributed by atoms with van der Waals surface area (Å²) in [6, 6.07) is 0. The third kappa shape index (κ3) is 3.12. The lowest BCUT2D eigenvalue weighted by Gasteiger charge is -2.04. The highest BCUT2D eigenvalue weighted by Gasteiger charge is 1.98. The second kappa shape index (κ2) is 6.01. The van der Waals surface area contributed by atoms with Crippen LogP contribution in [0.5, 0.6) is 0 Å².